The Balaban J connectivity index is 2.78. The van der Waals surface area contributed by atoms with Crippen molar-refractivity contribution in [1.29, 1.82) is 0 Å². The van der Waals surface area contributed by atoms with Gasteiger partial charge in [-0.05, 0) is 25.5 Å². The summed E-state index contributed by atoms with van der Waals surface area (Å²) in [5.74, 6) is 1.09. The highest BCUT2D eigenvalue weighted by atomic mass is 16.5. The molecule has 2 heteroatoms. The molecule has 0 aromatic heterocycles. The van der Waals surface area contributed by atoms with Gasteiger partial charge in [-0.25, -0.2) is 0 Å². The maximum absolute atomic E-state index is 12.0. The van der Waals surface area contributed by atoms with Crippen LogP contribution in [0.5, 0.6) is 5.75 Å². The van der Waals surface area contributed by atoms with Crippen molar-refractivity contribution in [2.24, 2.45) is 5.92 Å². The predicted molar refractivity (Wildman–Crippen MR) is 66.0 cm³/mol. The van der Waals surface area contributed by atoms with Crippen molar-refractivity contribution in [3.8, 4) is 5.75 Å². The van der Waals surface area contributed by atoms with E-state index < -0.39 is 0 Å². The molecule has 0 spiro atoms. The summed E-state index contributed by atoms with van der Waals surface area (Å²) < 4.78 is 5.38. The molecule has 0 amide bonds. The molecule has 1 unspecified atom stereocenters. The first-order valence-corrected chi connectivity index (χ1v) is 5.96. The number of ether oxygens (including phenoxy) is 1. The molecular formula is C14H20O2. The van der Waals surface area contributed by atoms with Crippen LogP contribution < -0.4 is 4.74 Å². The summed E-state index contributed by atoms with van der Waals surface area (Å²) in [4.78, 5) is 12.0. The van der Waals surface area contributed by atoms with Crippen molar-refractivity contribution in [2.45, 2.75) is 33.6 Å². The Labute approximate surface area is 97.6 Å². The molecule has 88 valence electrons. The van der Waals surface area contributed by atoms with Crippen molar-refractivity contribution in [3.63, 3.8) is 0 Å². The largest absolute Gasteiger partial charge is 0.494 e. The highest BCUT2D eigenvalue weighted by Gasteiger charge is 2.14. The van der Waals surface area contributed by atoms with Gasteiger partial charge in [-0.15, -0.1) is 0 Å². The number of hydrogen-bond donors (Lipinski definition) is 0. The molecule has 0 bridgehead atoms. The molecule has 0 aliphatic carbocycles. The molecule has 1 atom stereocenters. The smallest absolute Gasteiger partial charge is 0.165 e. The zero-order chi connectivity index (χ0) is 12.0. The van der Waals surface area contributed by atoms with Gasteiger partial charge in [0, 0.05) is 11.5 Å². The molecule has 1 rings (SSSR count). The van der Waals surface area contributed by atoms with Crippen LogP contribution in [-0.4, -0.2) is 12.4 Å². The van der Waals surface area contributed by atoms with E-state index in [1.807, 2.05) is 38.1 Å². The summed E-state index contributed by atoms with van der Waals surface area (Å²) >= 11 is 0. The summed E-state index contributed by atoms with van der Waals surface area (Å²) in [6.45, 7) is 6.65. The zero-order valence-electron chi connectivity index (χ0n) is 10.3. The zero-order valence-corrected chi connectivity index (χ0v) is 10.3. The third-order valence-electron chi connectivity index (χ3n) is 2.60. The summed E-state index contributed by atoms with van der Waals surface area (Å²) in [6, 6.07) is 7.44. The van der Waals surface area contributed by atoms with Gasteiger partial charge >= 0.3 is 0 Å². The molecule has 2 nitrogen and oxygen atoms in total. The van der Waals surface area contributed by atoms with Gasteiger partial charge in [0.05, 0.1) is 6.61 Å². The van der Waals surface area contributed by atoms with Gasteiger partial charge in [0.25, 0.3) is 0 Å². The van der Waals surface area contributed by atoms with Crippen LogP contribution in [0.1, 0.15) is 44.0 Å². The van der Waals surface area contributed by atoms with E-state index in [1.54, 1.807) is 0 Å². The topological polar surface area (TPSA) is 26.3 Å². The van der Waals surface area contributed by atoms with E-state index in [0.717, 1.165) is 24.2 Å². The van der Waals surface area contributed by atoms with Crippen molar-refractivity contribution in [3.05, 3.63) is 29.8 Å². The van der Waals surface area contributed by atoms with Crippen molar-refractivity contribution in [2.75, 3.05) is 6.61 Å². The molecular weight excluding hydrogens is 200 g/mol. The Kier molecular flexibility index (Phi) is 5.03. The fraction of sp³-hybridized carbons (Fsp3) is 0.500. The maximum Gasteiger partial charge on any atom is 0.165 e. The number of rotatable bonds is 6. The van der Waals surface area contributed by atoms with Crippen LogP contribution in [0.25, 0.3) is 0 Å². The van der Waals surface area contributed by atoms with Crippen LogP contribution in [0.3, 0.4) is 0 Å². The van der Waals surface area contributed by atoms with E-state index in [-0.39, 0.29) is 11.7 Å². The number of carbonyl (C=O) groups is 1. The number of Topliss-reactive ketones (excluding diaryl/α,β-unsaturated/α-hetero) is 1. The van der Waals surface area contributed by atoms with E-state index in [1.165, 1.54) is 0 Å². The monoisotopic (exact) mass is 220 g/mol. The van der Waals surface area contributed by atoms with Gasteiger partial charge in [-0.1, -0.05) is 32.4 Å². The van der Waals surface area contributed by atoms with Gasteiger partial charge in [0.15, 0.2) is 5.78 Å². The first-order chi connectivity index (χ1) is 7.69. The Hall–Kier alpha value is -1.31. The molecule has 0 saturated carbocycles. The molecule has 0 aliphatic heterocycles. The number of carbonyl (C=O) groups excluding carboxylic acids is 1. The normalized spacial score (nSPS) is 12.2. The van der Waals surface area contributed by atoms with Crippen molar-refractivity contribution < 1.29 is 9.53 Å². The Morgan fingerprint density at radius 2 is 2.12 bits per heavy atom. The van der Waals surface area contributed by atoms with Crippen LogP contribution in [-0.2, 0) is 0 Å². The Bertz CT molecular complexity index is 344. The van der Waals surface area contributed by atoms with Gasteiger partial charge in [-0.3, -0.25) is 4.79 Å². The van der Waals surface area contributed by atoms with Gasteiger partial charge < -0.3 is 4.74 Å². The Morgan fingerprint density at radius 3 is 2.75 bits per heavy atom. The van der Waals surface area contributed by atoms with Gasteiger partial charge in [0.1, 0.15) is 5.75 Å². The molecule has 1 aromatic rings. The standard InChI is InChI=1S/C14H20O2/c1-4-7-11(3)14(15)12-8-6-9-13(10-12)16-5-2/h6,8-11H,4-5,7H2,1-3H3. The number of hydrogen-bond acceptors (Lipinski definition) is 2. The fourth-order valence-corrected chi connectivity index (χ4v) is 1.75. The minimum Gasteiger partial charge on any atom is -0.494 e. The molecule has 0 fully saturated rings. The lowest BCUT2D eigenvalue weighted by Crippen LogP contribution is -2.11. The van der Waals surface area contributed by atoms with E-state index in [4.69, 9.17) is 4.74 Å². The molecule has 16 heavy (non-hydrogen) atoms. The van der Waals surface area contributed by atoms with Crippen molar-refractivity contribution in [1.82, 2.24) is 0 Å². The first kappa shape index (κ1) is 12.8. The second-order valence-corrected chi connectivity index (χ2v) is 4.01. The average molecular weight is 220 g/mol. The van der Waals surface area contributed by atoms with Crippen LogP contribution in [0.4, 0.5) is 0 Å². The molecule has 0 heterocycles. The lowest BCUT2D eigenvalue weighted by molar-refractivity contribution is 0.0923. The van der Waals surface area contributed by atoms with E-state index >= 15 is 0 Å². The van der Waals surface area contributed by atoms with Gasteiger partial charge in [-0.2, -0.15) is 0 Å². The van der Waals surface area contributed by atoms with E-state index in [0.29, 0.717) is 6.61 Å². The van der Waals surface area contributed by atoms with Crippen LogP contribution in [0.15, 0.2) is 24.3 Å². The lowest BCUT2D eigenvalue weighted by atomic mass is 9.95. The summed E-state index contributed by atoms with van der Waals surface area (Å²) in [5.41, 5.74) is 0.756. The second kappa shape index (κ2) is 6.31. The van der Waals surface area contributed by atoms with Gasteiger partial charge in [0.2, 0.25) is 0 Å². The fourth-order valence-electron chi connectivity index (χ4n) is 1.75. The molecule has 0 saturated heterocycles. The molecule has 1 aromatic carbocycles. The van der Waals surface area contributed by atoms with Crippen LogP contribution in [0, 0.1) is 5.92 Å². The lowest BCUT2D eigenvalue weighted by Gasteiger charge is -2.10. The minimum atomic E-state index is 0.0990. The molecule has 0 aliphatic rings. The van der Waals surface area contributed by atoms with E-state index in [2.05, 4.69) is 6.92 Å². The predicted octanol–water partition coefficient (Wildman–Crippen LogP) is 3.70. The first-order valence-electron chi connectivity index (χ1n) is 5.96. The quantitative estimate of drug-likeness (QED) is 0.683. The SMILES string of the molecule is CCCC(C)C(=O)c1cccc(OCC)c1. The maximum atomic E-state index is 12.0. The van der Waals surface area contributed by atoms with Crippen LogP contribution in [0.2, 0.25) is 0 Å². The van der Waals surface area contributed by atoms with Crippen LogP contribution >= 0.6 is 0 Å². The Morgan fingerprint density at radius 1 is 1.38 bits per heavy atom. The highest BCUT2D eigenvalue weighted by Crippen LogP contribution is 2.18. The third kappa shape index (κ3) is 3.37. The molecule has 0 radical (unpaired) electrons. The second-order valence-electron chi connectivity index (χ2n) is 4.01. The summed E-state index contributed by atoms with van der Waals surface area (Å²) in [5, 5.41) is 0. The molecule has 0 N–H and O–H groups in total. The number of ketones is 1. The average Bonchev–Trinajstić information content (AvgIpc) is 2.29. The highest BCUT2D eigenvalue weighted by molar-refractivity contribution is 5.97. The summed E-state index contributed by atoms with van der Waals surface area (Å²) in [7, 11) is 0. The van der Waals surface area contributed by atoms with Crippen molar-refractivity contribution >= 4 is 5.78 Å². The third-order valence-corrected chi connectivity index (χ3v) is 2.60. The number of benzene rings is 1. The minimum absolute atomic E-state index is 0.0990. The van der Waals surface area contributed by atoms with E-state index in [9.17, 15) is 4.79 Å². The summed E-state index contributed by atoms with van der Waals surface area (Å²) in [6.07, 6.45) is 1.98.